The molecule has 15 fully saturated rings. The van der Waals surface area contributed by atoms with E-state index < -0.39 is 0 Å². The lowest BCUT2D eigenvalue weighted by Gasteiger charge is -2.18. The summed E-state index contributed by atoms with van der Waals surface area (Å²) in [6.07, 6.45) is 47.9. The van der Waals surface area contributed by atoms with Crippen molar-refractivity contribution in [1.29, 1.82) is 0 Å². The van der Waals surface area contributed by atoms with Crippen LogP contribution < -0.4 is 0 Å². The van der Waals surface area contributed by atoms with Crippen LogP contribution in [0.3, 0.4) is 0 Å². The Morgan fingerprint density at radius 3 is 1.38 bits per heavy atom. The van der Waals surface area contributed by atoms with E-state index >= 15 is 0 Å². The van der Waals surface area contributed by atoms with Crippen molar-refractivity contribution in [1.82, 2.24) is 0 Å². The molecule has 13 saturated carbocycles. The van der Waals surface area contributed by atoms with Crippen molar-refractivity contribution in [2.75, 3.05) is 0 Å². The van der Waals surface area contributed by atoms with E-state index in [9.17, 15) is 0 Å². The highest BCUT2D eigenvalue weighted by Crippen LogP contribution is 2.67. The molecule has 2 heteroatoms. The van der Waals surface area contributed by atoms with Crippen LogP contribution in [0.4, 0.5) is 0 Å². The van der Waals surface area contributed by atoms with Gasteiger partial charge < -0.3 is 9.47 Å². The summed E-state index contributed by atoms with van der Waals surface area (Å²) in [5.41, 5.74) is 0. The zero-order valence-electron chi connectivity index (χ0n) is 42.3. The van der Waals surface area contributed by atoms with E-state index in [4.69, 9.17) is 9.47 Å². The topological polar surface area (TPSA) is 25.1 Å². The van der Waals surface area contributed by atoms with Crippen LogP contribution in [0.1, 0.15) is 249 Å². The minimum atomic E-state index is 0. The second-order valence-electron chi connectivity index (χ2n) is 26.6. The predicted octanol–water partition coefficient (Wildman–Crippen LogP) is 17.8. The van der Waals surface area contributed by atoms with E-state index in [1.54, 1.807) is 96.3 Å². The molecule has 0 amide bonds. The van der Waals surface area contributed by atoms with Crippen molar-refractivity contribution in [3.63, 3.8) is 0 Å². The Morgan fingerprint density at radius 2 is 0.825 bits per heavy atom. The maximum atomic E-state index is 5.35. The summed E-state index contributed by atoms with van der Waals surface area (Å²) in [5, 5.41) is 0. The highest BCUT2D eigenvalue weighted by Gasteiger charge is 2.59. The van der Waals surface area contributed by atoms with Gasteiger partial charge in [0.15, 0.2) is 0 Å². The fraction of sp³-hybridized carbons (Fsp3) is 1.00. The van der Waals surface area contributed by atoms with Crippen LogP contribution in [0.2, 0.25) is 0 Å². The van der Waals surface area contributed by atoms with Crippen molar-refractivity contribution in [2.45, 2.75) is 273 Å². The van der Waals surface area contributed by atoms with Gasteiger partial charge in [0.05, 0.1) is 24.4 Å². The summed E-state index contributed by atoms with van der Waals surface area (Å²) >= 11 is 0. The smallest absolute Gasteiger partial charge is 0.0844 e. The number of ether oxygens (including phenoxy) is 2. The molecular formula is C61H108O2. The monoisotopic (exact) mass is 873 g/mol. The fourth-order valence-corrected chi connectivity index (χ4v) is 16.2. The number of fused-ring (bicyclic) bond motifs is 11. The Morgan fingerprint density at radius 1 is 0.302 bits per heavy atom. The SMILES string of the molecule is C.CC1CC2CC1C1CC21.CC1CC2CC2C1.CC1CCC2OC2C1.CC1CCCC2CC2CC1.CCC1CC2OC2C1.CCC1CCC2CC2C1.CCC1CCCC2CC2CC1. The Bertz CT molecular complexity index is 1330. The zero-order chi connectivity index (χ0) is 42.9. The van der Waals surface area contributed by atoms with Crippen LogP contribution in [-0.4, -0.2) is 24.4 Å². The van der Waals surface area contributed by atoms with E-state index in [0.717, 1.165) is 41.4 Å². The Kier molecular flexibility index (Phi) is 17.7. The maximum Gasteiger partial charge on any atom is 0.0844 e. The molecule has 15 rings (SSSR count). The van der Waals surface area contributed by atoms with Gasteiger partial charge in [-0.1, -0.05) is 133 Å². The molecule has 21 unspecified atom stereocenters. The van der Waals surface area contributed by atoms with Crippen LogP contribution in [0.5, 0.6) is 0 Å². The lowest BCUT2D eigenvalue weighted by molar-refractivity contribution is 0.269. The van der Waals surface area contributed by atoms with Crippen LogP contribution in [0.25, 0.3) is 0 Å². The van der Waals surface area contributed by atoms with Gasteiger partial charge in [0, 0.05) is 0 Å². The molecule has 0 aromatic carbocycles. The molecule has 364 valence electrons. The molecule has 0 aromatic rings. The standard InChI is InChI=1S/C11H20.C10H18.C9H14.C9H16.2C7H12O.C7H12.CH4/c1-2-9-4-3-5-10-8-11(10)7-6-9;1-8-3-2-4-9-7-10(9)6-5-8;1-5-2-6-3-7(5)9-4-8(6)9;1-2-7-3-4-8-6-9(8)5-7;1-5-2-3-6-7(4-5)8-6;1-2-5-3-6-7(4-5)8-6;1-5-2-6-4-7(6)3-5;/h9-11H,2-8H2,1H3;8-10H,2-7H2,1H3;5-9H,2-4H2,1H3;7-9H,2-6H2,1H3;2*5-7H,2-4H2,1H3;5-7H,2-4H2,1H3;1H4. The van der Waals surface area contributed by atoms with Crippen molar-refractivity contribution < 1.29 is 9.47 Å². The molecule has 0 N–H and O–H groups in total. The first kappa shape index (κ1) is 49.3. The van der Waals surface area contributed by atoms with Crippen LogP contribution in [-0.2, 0) is 9.47 Å². The molecule has 2 heterocycles. The zero-order valence-corrected chi connectivity index (χ0v) is 42.3. The number of rotatable bonds is 3. The average molecular weight is 874 g/mol. The summed E-state index contributed by atoms with van der Waals surface area (Å²) in [4.78, 5) is 0. The van der Waals surface area contributed by atoms with E-state index in [2.05, 4.69) is 48.5 Å². The summed E-state index contributed by atoms with van der Waals surface area (Å²) in [6, 6.07) is 0. The van der Waals surface area contributed by atoms with Crippen molar-refractivity contribution >= 4 is 0 Å². The molecule has 2 saturated heterocycles. The first-order valence-electron chi connectivity index (χ1n) is 29.4. The normalized spacial score (nSPS) is 51.4. The number of hydrogen-bond donors (Lipinski definition) is 0. The Labute approximate surface area is 393 Å². The van der Waals surface area contributed by atoms with Gasteiger partial charge >= 0.3 is 0 Å². The molecule has 15 aliphatic rings. The van der Waals surface area contributed by atoms with Crippen molar-refractivity contribution in [3.8, 4) is 0 Å². The fourth-order valence-electron chi connectivity index (χ4n) is 16.2. The first-order chi connectivity index (χ1) is 30.1. The highest BCUT2D eigenvalue weighted by molar-refractivity contribution is 5.08. The third kappa shape index (κ3) is 14.5. The molecule has 0 radical (unpaired) electrons. The average Bonchev–Trinajstić information content (AvgIpc) is 4.02. The van der Waals surface area contributed by atoms with Gasteiger partial charge in [-0.2, -0.15) is 0 Å². The summed E-state index contributed by atoms with van der Waals surface area (Å²) < 4.78 is 10.6. The molecule has 2 bridgehead atoms. The maximum absolute atomic E-state index is 5.35. The van der Waals surface area contributed by atoms with E-state index in [0.29, 0.717) is 24.4 Å². The molecular weight excluding hydrogens is 765 g/mol. The van der Waals surface area contributed by atoms with Gasteiger partial charge in [-0.3, -0.25) is 0 Å². The van der Waals surface area contributed by atoms with Crippen molar-refractivity contribution in [3.05, 3.63) is 0 Å². The second kappa shape index (κ2) is 22.6. The van der Waals surface area contributed by atoms with Gasteiger partial charge in [-0.05, 0) is 228 Å². The molecule has 2 nitrogen and oxygen atoms in total. The summed E-state index contributed by atoms with van der Waals surface area (Å²) in [6.45, 7) is 16.5. The molecule has 21 atom stereocenters. The van der Waals surface area contributed by atoms with Gasteiger partial charge in [-0.15, -0.1) is 0 Å². The predicted molar refractivity (Wildman–Crippen MR) is 269 cm³/mol. The van der Waals surface area contributed by atoms with E-state index in [1.165, 1.54) is 167 Å². The largest absolute Gasteiger partial charge is 0.370 e. The van der Waals surface area contributed by atoms with Crippen LogP contribution >= 0.6 is 0 Å². The van der Waals surface area contributed by atoms with E-state index in [1.807, 2.05) is 0 Å². The highest BCUT2D eigenvalue weighted by atomic mass is 16.6. The lowest BCUT2D eigenvalue weighted by atomic mass is 9.88. The molecule has 63 heavy (non-hydrogen) atoms. The number of hydrogen-bond acceptors (Lipinski definition) is 2. The minimum absolute atomic E-state index is 0. The minimum Gasteiger partial charge on any atom is -0.370 e. The van der Waals surface area contributed by atoms with Crippen LogP contribution in [0, 0.1) is 112 Å². The first-order valence-corrected chi connectivity index (χ1v) is 29.4. The number of epoxide rings is 2. The summed E-state index contributed by atoms with van der Waals surface area (Å²) in [5.74, 6) is 21.6. The van der Waals surface area contributed by atoms with E-state index in [-0.39, 0.29) is 7.43 Å². The van der Waals surface area contributed by atoms with Gasteiger partial charge in [0.25, 0.3) is 0 Å². The van der Waals surface area contributed by atoms with Gasteiger partial charge in [0.1, 0.15) is 0 Å². The van der Waals surface area contributed by atoms with Gasteiger partial charge in [-0.25, -0.2) is 0 Å². The molecule has 0 aromatic heterocycles. The molecule has 13 aliphatic carbocycles. The van der Waals surface area contributed by atoms with Crippen LogP contribution in [0.15, 0.2) is 0 Å². The lowest BCUT2D eigenvalue weighted by Crippen LogP contribution is -2.09. The molecule has 0 spiro atoms. The summed E-state index contributed by atoms with van der Waals surface area (Å²) in [7, 11) is 0. The Balaban J connectivity index is 0.000000101. The Hall–Kier alpha value is -0.0800. The van der Waals surface area contributed by atoms with Crippen molar-refractivity contribution in [2.24, 2.45) is 112 Å². The third-order valence-corrected chi connectivity index (χ3v) is 21.5. The quantitative estimate of drug-likeness (QED) is 0.264. The third-order valence-electron chi connectivity index (χ3n) is 21.5. The van der Waals surface area contributed by atoms with Gasteiger partial charge in [0.2, 0.25) is 0 Å². The molecule has 2 aliphatic heterocycles. The second-order valence-corrected chi connectivity index (χ2v) is 26.6.